The van der Waals surface area contributed by atoms with Crippen LogP contribution in [0.25, 0.3) is 11.0 Å². The van der Waals surface area contributed by atoms with Crippen LogP contribution in [0.5, 0.6) is 0 Å². The van der Waals surface area contributed by atoms with Crippen LogP contribution >= 0.6 is 0 Å². The third-order valence-corrected chi connectivity index (χ3v) is 7.02. The third-order valence-electron chi connectivity index (χ3n) is 7.02. The van der Waals surface area contributed by atoms with E-state index in [0.29, 0.717) is 5.92 Å². The fourth-order valence-electron chi connectivity index (χ4n) is 4.92. The maximum atomic E-state index is 13.1. The van der Waals surface area contributed by atoms with Crippen molar-refractivity contribution in [2.24, 2.45) is 5.92 Å². The minimum atomic E-state index is -0.148. The molecule has 0 bridgehead atoms. The number of benzene rings is 2. The van der Waals surface area contributed by atoms with Crippen molar-refractivity contribution < 1.29 is 4.79 Å². The topological polar surface area (TPSA) is 62.2 Å². The fourth-order valence-corrected chi connectivity index (χ4v) is 4.92. The molecule has 2 N–H and O–H groups in total. The number of fused-ring (bicyclic) bond motifs is 1. The van der Waals surface area contributed by atoms with E-state index in [-0.39, 0.29) is 18.0 Å². The van der Waals surface area contributed by atoms with Crippen LogP contribution in [-0.2, 0) is 11.3 Å². The summed E-state index contributed by atoms with van der Waals surface area (Å²) >= 11 is 0. The van der Waals surface area contributed by atoms with Gasteiger partial charge in [-0.15, -0.1) is 0 Å². The number of hydrazine groups is 1. The van der Waals surface area contributed by atoms with Gasteiger partial charge in [0, 0.05) is 25.7 Å². The molecule has 3 heterocycles. The Kier molecular flexibility index (Phi) is 5.50. The molecule has 2 unspecified atom stereocenters. The number of carbonyl (C=O) groups excluding carboxylic acids is 1. The molecule has 1 amide bonds. The highest BCUT2D eigenvalue weighted by atomic mass is 16.2. The van der Waals surface area contributed by atoms with Gasteiger partial charge in [0.1, 0.15) is 6.04 Å². The summed E-state index contributed by atoms with van der Waals surface area (Å²) in [5.74, 6) is 0.804. The van der Waals surface area contributed by atoms with Gasteiger partial charge in [-0.3, -0.25) is 4.79 Å². The molecule has 31 heavy (non-hydrogen) atoms. The first-order valence-electron chi connectivity index (χ1n) is 11.4. The van der Waals surface area contributed by atoms with Gasteiger partial charge in [0.2, 0.25) is 5.91 Å². The Hall–Kier alpha value is -2.70. The van der Waals surface area contributed by atoms with Crippen molar-refractivity contribution in [1.29, 1.82) is 0 Å². The molecule has 162 valence electrons. The standard InChI is InChI=1S/C25H31N5O/c1-17-12-22-24(13-18(17)2)30(16-26-22)15-19-8-10-29(11-9-19)25(31)23-14-21(27-28-23)20-6-4-3-5-7-20/h3-7,12-13,16,19,21,23,27-28H,8-11,14-15H2,1-2H3. The summed E-state index contributed by atoms with van der Waals surface area (Å²) in [7, 11) is 0. The molecular formula is C25H31N5O. The predicted molar refractivity (Wildman–Crippen MR) is 122 cm³/mol. The van der Waals surface area contributed by atoms with Crippen LogP contribution in [0.4, 0.5) is 0 Å². The Morgan fingerprint density at radius 3 is 2.58 bits per heavy atom. The summed E-state index contributed by atoms with van der Waals surface area (Å²) in [4.78, 5) is 19.7. The minimum Gasteiger partial charge on any atom is -0.341 e. The number of nitrogens with one attached hydrogen (secondary N) is 2. The predicted octanol–water partition coefficient (Wildman–Crippen LogP) is 3.50. The van der Waals surface area contributed by atoms with E-state index in [1.54, 1.807) is 0 Å². The molecule has 2 aliphatic heterocycles. The summed E-state index contributed by atoms with van der Waals surface area (Å²) < 4.78 is 2.29. The number of nitrogens with zero attached hydrogens (tertiary/aromatic N) is 3. The first-order valence-corrected chi connectivity index (χ1v) is 11.4. The first kappa shape index (κ1) is 20.2. The number of hydrogen-bond acceptors (Lipinski definition) is 4. The van der Waals surface area contributed by atoms with E-state index < -0.39 is 0 Å². The largest absolute Gasteiger partial charge is 0.341 e. The van der Waals surface area contributed by atoms with Crippen LogP contribution in [0.15, 0.2) is 48.8 Å². The van der Waals surface area contributed by atoms with Crippen LogP contribution in [0.2, 0.25) is 0 Å². The molecule has 6 heteroatoms. The van der Waals surface area contributed by atoms with E-state index in [1.807, 2.05) is 29.4 Å². The molecule has 2 aliphatic rings. The monoisotopic (exact) mass is 417 g/mol. The SMILES string of the molecule is Cc1cc2ncn(CC3CCN(C(=O)C4CC(c5ccccc5)NN4)CC3)c2cc1C. The molecule has 6 nitrogen and oxygen atoms in total. The van der Waals surface area contributed by atoms with Gasteiger partial charge in [0.25, 0.3) is 0 Å². The van der Waals surface area contributed by atoms with Crippen molar-refractivity contribution in [3.63, 3.8) is 0 Å². The lowest BCUT2D eigenvalue weighted by atomic mass is 9.95. The second-order valence-electron chi connectivity index (χ2n) is 9.13. The van der Waals surface area contributed by atoms with Crippen LogP contribution in [0, 0.1) is 19.8 Å². The van der Waals surface area contributed by atoms with Crippen molar-refractivity contribution in [3.8, 4) is 0 Å². The molecule has 0 spiro atoms. The number of amides is 1. The Bertz CT molecular complexity index is 1070. The zero-order chi connectivity index (χ0) is 21.4. The Labute approximate surface area is 183 Å². The van der Waals surface area contributed by atoms with Crippen molar-refractivity contribution in [2.45, 2.75) is 51.7 Å². The van der Waals surface area contributed by atoms with E-state index in [9.17, 15) is 4.79 Å². The van der Waals surface area contributed by atoms with Crippen molar-refractivity contribution >= 4 is 16.9 Å². The maximum Gasteiger partial charge on any atom is 0.241 e. The fraction of sp³-hybridized carbons (Fsp3) is 0.440. The number of piperidine rings is 1. The molecular weight excluding hydrogens is 386 g/mol. The van der Waals surface area contributed by atoms with Gasteiger partial charge in [-0.25, -0.2) is 15.8 Å². The zero-order valence-corrected chi connectivity index (χ0v) is 18.3. The molecule has 2 fully saturated rings. The molecule has 0 saturated carbocycles. The number of hydrogen-bond donors (Lipinski definition) is 2. The third kappa shape index (κ3) is 4.10. The van der Waals surface area contributed by atoms with Gasteiger partial charge in [-0.1, -0.05) is 30.3 Å². The Morgan fingerprint density at radius 2 is 1.81 bits per heavy atom. The summed E-state index contributed by atoms with van der Waals surface area (Å²) in [5, 5.41) is 0. The summed E-state index contributed by atoms with van der Waals surface area (Å²) in [5.41, 5.74) is 12.6. The molecule has 1 aromatic heterocycles. The summed E-state index contributed by atoms with van der Waals surface area (Å²) in [6, 6.07) is 14.8. The Morgan fingerprint density at radius 1 is 1.06 bits per heavy atom. The Balaban J connectivity index is 1.17. The second kappa shape index (κ2) is 8.44. The quantitative estimate of drug-likeness (QED) is 0.682. The van der Waals surface area contributed by atoms with E-state index in [0.717, 1.165) is 44.4 Å². The van der Waals surface area contributed by atoms with Gasteiger partial charge in [-0.2, -0.15) is 0 Å². The lowest BCUT2D eigenvalue weighted by Gasteiger charge is -2.33. The lowest BCUT2D eigenvalue weighted by molar-refractivity contribution is -0.134. The molecule has 0 radical (unpaired) electrons. The number of carbonyl (C=O) groups is 1. The molecule has 2 atom stereocenters. The molecule has 2 aromatic carbocycles. The number of likely N-dealkylation sites (tertiary alicyclic amines) is 1. The van der Waals surface area contributed by atoms with Gasteiger partial charge < -0.3 is 9.47 Å². The smallest absolute Gasteiger partial charge is 0.241 e. The second-order valence-corrected chi connectivity index (χ2v) is 9.13. The summed E-state index contributed by atoms with van der Waals surface area (Å²) in [6.45, 7) is 6.94. The van der Waals surface area contributed by atoms with Crippen molar-refractivity contribution in [3.05, 3.63) is 65.5 Å². The molecule has 2 saturated heterocycles. The first-order chi connectivity index (χ1) is 15.1. The molecule has 3 aromatic rings. The van der Waals surface area contributed by atoms with Crippen molar-refractivity contribution in [1.82, 2.24) is 25.3 Å². The van der Waals surface area contributed by atoms with E-state index in [1.165, 1.54) is 22.2 Å². The highest BCUT2D eigenvalue weighted by Crippen LogP contribution is 2.26. The van der Waals surface area contributed by atoms with Crippen molar-refractivity contribution in [2.75, 3.05) is 13.1 Å². The number of aryl methyl sites for hydroxylation is 2. The van der Waals surface area contributed by atoms with Crippen LogP contribution in [0.1, 0.15) is 42.0 Å². The minimum absolute atomic E-state index is 0.148. The van der Waals surface area contributed by atoms with Crippen LogP contribution in [0.3, 0.4) is 0 Å². The number of rotatable bonds is 4. The van der Waals surface area contributed by atoms with Crippen LogP contribution in [-0.4, -0.2) is 39.5 Å². The van der Waals surface area contributed by atoms with Crippen LogP contribution < -0.4 is 10.9 Å². The van der Waals surface area contributed by atoms with E-state index in [2.05, 4.69) is 58.5 Å². The molecule has 5 rings (SSSR count). The lowest BCUT2D eigenvalue weighted by Crippen LogP contribution is -2.48. The normalized spacial score (nSPS) is 22.3. The number of aromatic nitrogens is 2. The molecule has 0 aliphatic carbocycles. The average Bonchev–Trinajstić information content (AvgIpc) is 3.43. The average molecular weight is 418 g/mol. The maximum absolute atomic E-state index is 13.1. The van der Waals surface area contributed by atoms with Gasteiger partial charge in [0.05, 0.1) is 17.4 Å². The highest BCUT2D eigenvalue weighted by molar-refractivity contribution is 5.82. The highest BCUT2D eigenvalue weighted by Gasteiger charge is 2.34. The van der Waals surface area contributed by atoms with E-state index >= 15 is 0 Å². The van der Waals surface area contributed by atoms with E-state index in [4.69, 9.17) is 0 Å². The van der Waals surface area contributed by atoms with Gasteiger partial charge >= 0.3 is 0 Å². The summed E-state index contributed by atoms with van der Waals surface area (Å²) in [6.07, 6.45) is 4.85. The zero-order valence-electron chi connectivity index (χ0n) is 18.3. The van der Waals surface area contributed by atoms with Gasteiger partial charge in [-0.05, 0) is 67.9 Å². The van der Waals surface area contributed by atoms with Gasteiger partial charge in [0.15, 0.2) is 0 Å². The number of imidazole rings is 1.